The Morgan fingerprint density at radius 3 is 2.68 bits per heavy atom. The Morgan fingerprint density at radius 1 is 1.27 bits per heavy atom. The van der Waals surface area contributed by atoms with Crippen LogP contribution >= 0.6 is 11.3 Å². The minimum atomic E-state index is -3.64. The van der Waals surface area contributed by atoms with E-state index in [2.05, 4.69) is 4.72 Å². The van der Waals surface area contributed by atoms with E-state index in [1.165, 1.54) is 28.4 Å². The molecule has 0 aliphatic rings. The lowest BCUT2D eigenvalue weighted by Crippen LogP contribution is -2.27. The highest BCUT2D eigenvalue weighted by Gasteiger charge is 2.17. The molecule has 0 aliphatic heterocycles. The molecule has 1 N–H and O–H groups in total. The fourth-order valence-electron chi connectivity index (χ4n) is 1.82. The van der Waals surface area contributed by atoms with Gasteiger partial charge in [0.1, 0.15) is 0 Å². The number of hydrogen-bond donors (Lipinski definition) is 1. The second-order valence-corrected chi connectivity index (χ2v) is 7.55. The molecular weight excluding hydrogens is 320 g/mol. The van der Waals surface area contributed by atoms with E-state index in [-0.39, 0.29) is 17.3 Å². The summed E-state index contributed by atoms with van der Waals surface area (Å²) in [6.07, 6.45) is 0. The largest absolute Gasteiger partial charge is 0.342 e. The molecule has 118 valence electrons. The molecule has 2 aromatic rings. The lowest BCUT2D eigenvalue weighted by atomic mass is 10.2. The van der Waals surface area contributed by atoms with Crippen molar-refractivity contribution in [3.05, 3.63) is 52.2 Å². The van der Waals surface area contributed by atoms with E-state index in [9.17, 15) is 13.2 Å². The molecule has 0 unspecified atom stereocenters. The zero-order valence-corrected chi connectivity index (χ0v) is 14.1. The van der Waals surface area contributed by atoms with Crippen molar-refractivity contribution in [2.75, 3.05) is 13.6 Å². The van der Waals surface area contributed by atoms with Gasteiger partial charge in [0.15, 0.2) is 0 Å². The zero-order chi connectivity index (χ0) is 16.2. The van der Waals surface area contributed by atoms with Crippen LogP contribution in [-0.2, 0) is 16.6 Å². The Hall–Kier alpha value is -1.70. The fourth-order valence-corrected chi connectivity index (χ4v) is 3.61. The molecule has 0 fully saturated rings. The molecule has 0 saturated carbocycles. The number of benzene rings is 1. The van der Waals surface area contributed by atoms with Crippen molar-refractivity contribution in [1.29, 1.82) is 0 Å². The summed E-state index contributed by atoms with van der Waals surface area (Å²) in [5.74, 6) is -0.196. The van der Waals surface area contributed by atoms with Gasteiger partial charge in [-0.15, -0.1) is 11.3 Å². The molecule has 0 saturated heterocycles. The van der Waals surface area contributed by atoms with Crippen molar-refractivity contribution in [3.8, 4) is 0 Å². The summed E-state index contributed by atoms with van der Waals surface area (Å²) >= 11 is 1.49. The third-order valence-electron chi connectivity index (χ3n) is 3.23. The lowest BCUT2D eigenvalue weighted by molar-refractivity contribution is 0.0802. The third-order valence-corrected chi connectivity index (χ3v) is 5.50. The highest BCUT2D eigenvalue weighted by atomic mass is 32.2. The van der Waals surface area contributed by atoms with Gasteiger partial charge in [0.05, 0.1) is 4.90 Å². The molecule has 1 heterocycles. The number of sulfonamides is 1. The van der Waals surface area contributed by atoms with Gasteiger partial charge in [-0.05, 0) is 36.6 Å². The summed E-state index contributed by atoms with van der Waals surface area (Å²) in [5, 5.41) is 1.89. The summed E-state index contributed by atoms with van der Waals surface area (Å²) in [6, 6.07) is 9.82. The summed E-state index contributed by atoms with van der Waals surface area (Å²) in [4.78, 5) is 14.7. The van der Waals surface area contributed by atoms with E-state index < -0.39 is 10.0 Å². The Morgan fingerprint density at radius 2 is 2.05 bits per heavy atom. The highest BCUT2D eigenvalue weighted by molar-refractivity contribution is 7.89. The van der Waals surface area contributed by atoms with E-state index in [4.69, 9.17) is 0 Å². The number of rotatable bonds is 6. The molecule has 0 aliphatic carbocycles. The minimum Gasteiger partial charge on any atom is -0.342 e. The number of amides is 1. The van der Waals surface area contributed by atoms with Gasteiger partial charge in [0, 0.05) is 30.6 Å². The van der Waals surface area contributed by atoms with Crippen molar-refractivity contribution in [2.45, 2.75) is 18.4 Å². The van der Waals surface area contributed by atoms with Crippen LogP contribution in [0, 0.1) is 0 Å². The van der Waals surface area contributed by atoms with Gasteiger partial charge >= 0.3 is 0 Å². The maximum atomic E-state index is 12.3. The van der Waals surface area contributed by atoms with Crippen LogP contribution in [0.15, 0.2) is 46.7 Å². The Balaban J connectivity index is 2.19. The molecule has 1 aromatic carbocycles. The van der Waals surface area contributed by atoms with Crippen molar-refractivity contribution >= 4 is 27.3 Å². The van der Waals surface area contributed by atoms with Crippen LogP contribution in [0.4, 0.5) is 0 Å². The number of carbonyl (C=O) groups excluding carboxylic acids is 1. The van der Waals surface area contributed by atoms with Crippen molar-refractivity contribution < 1.29 is 13.2 Å². The molecule has 1 aromatic heterocycles. The zero-order valence-electron chi connectivity index (χ0n) is 12.4. The van der Waals surface area contributed by atoms with E-state index in [0.29, 0.717) is 12.1 Å². The third kappa shape index (κ3) is 3.94. The molecule has 7 heteroatoms. The molecule has 5 nitrogen and oxygen atoms in total. The maximum absolute atomic E-state index is 12.3. The normalized spacial score (nSPS) is 11.4. The average molecular weight is 338 g/mol. The number of thiophene rings is 1. The lowest BCUT2D eigenvalue weighted by Gasteiger charge is -2.15. The van der Waals surface area contributed by atoms with Gasteiger partial charge in [-0.3, -0.25) is 4.79 Å². The smallest absolute Gasteiger partial charge is 0.253 e. The van der Waals surface area contributed by atoms with Gasteiger partial charge in [-0.2, -0.15) is 0 Å². The van der Waals surface area contributed by atoms with Crippen LogP contribution in [-0.4, -0.2) is 32.8 Å². The number of carbonyl (C=O) groups is 1. The molecule has 0 spiro atoms. The molecule has 0 bridgehead atoms. The summed E-state index contributed by atoms with van der Waals surface area (Å²) in [5.41, 5.74) is 0.364. The Labute approximate surface area is 134 Å². The van der Waals surface area contributed by atoms with Gasteiger partial charge < -0.3 is 4.90 Å². The van der Waals surface area contributed by atoms with Crippen LogP contribution in [0.5, 0.6) is 0 Å². The maximum Gasteiger partial charge on any atom is 0.253 e. The Kier molecular flexibility index (Phi) is 5.33. The quantitative estimate of drug-likeness (QED) is 0.879. The van der Waals surface area contributed by atoms with Crippen LogP contribution in [0.3, 0.4) is 0 Å². The Bertz CT molecular complexity index is 740. The second-order valence-electron chi connectivity index (χ2n) is 4.75. The topological polar surface area (TPSA) is 66.5 Å². The summed E-state index contributed by atoms with van der Waals surface area (Å²) in [6.45, 7) is 2.67. The molecule has 1 amide bonds. The molecule has 22 heavy (non-hydrogen) atoms. The molecule has 0 radical (unpaired) electrons. The monoisotopic (exact) mass is 338 g/mol. The fraction of sp³-hybridized carbons (Fsp3) is 0.267. The standard InChI is InChI=1S/C15H18N2O3S2/c1-3-17(2)15(18)12-6-4-8-14(10-12)22(19,20)16-11-13-7-5-9-21-13/h4-10,16H,3,11H2,1-2H3. The first kappa shape index (κ1) is 16.7. The van der Waals surface area contributed by atoms with Gasteiger partial charge in [-0.1, -0.05) is 12.1 Å². The highest BCUT2D eigenvalue weighted by Crippen LogP contribution is 2.15. The number of nitrogens with one attached hydrogen (secondary N) is 1. The van der Waals surface area contributed by atoms with E-state index in [1.54, 1.807) is 19.2 Å². The van der Waals surface area contributed by atoms with Crippen LogP contribution < -0.4 is 4.72 Å². The minimum absolute atomic E-state index is 0.0967. The predicted molar refractivity (Wildman–Crippen MR) is 87.4 cm³/mol. The van der Waals surface area contributed by atoms with Gasteiger partial charge in [0.2, 0.25) is 10.0 Å². The van der Waals surface area contributed by atoms with Crippen molar-refractivity contribution in [1.82, 2.24) is 9.62 Å². The van der Waals surface area contributed by atoms with E-state index in [1.807, 2.05) is 24.4 Å². The van der Waals surface area contributed by atoms with Crippen LogP contribution in [0.1, 0.15) is 22.2 Å². The van der Waals surface area contributed by atoms with Crippen LogP contribution in [0.2, 0.25) is 0 Å². The predicted octanol–water partition coefficient (Wildman–Crippen LogP) is 2.32. The van der Waals surface area contributed by atoms with E-state index in [0.717, 1.165) is 4.88 Å². The van der Waals surface area contributed by atoms with Gasteiger partial charge in [0.25, 0.3) is 5.91 Å². The van der Waals surface area contributed by atoms with Crippen molar-refractivity contribution in [2.24, 2.45) is 0 Å². The summed E-state index contributed by atoms with van der Waals surface area (Å²) < 4.78 is 27.2. The SMILES string of the molecule is CCN(C)C(=O)c1cccc(S(=O)(=O)NCc2cccs2)c1. The average Bonchev–Trinajstić information content (AvgIpc) is 3.05. The first-order valence-corrected chi connectivity index (χ1v) is 9.18. The first-order valence-electron chi connectivity index (χ1n) is 6.81. The van der Waals surface area contributed by atoms with Crippen LogP contribution in [0.25, 0.3) is 0 Å². The van der Waals surface area contributed by atoms with E-state index >= 15 is 0 Å². The molecular formula is C15H18N2O3S2. The number of nitrogens with zero attached hydrogens (tertiary/aromatic N) is 1. The second kappa shape index (κ2) is 7.04. The first-order chi connectivity index (χ1) is 10.4. The van der Waals surface area contributed by atoms with Crippen molar-refractivity contribution in [3.63, 3.8) is 0 Å². The molecule has 2 rings (SSSR count). The van der Waals surface area contributed by atoms with Gasteiger partial charge in [-0.25, -0.2) is 13.1 Å². The molecule has 0 atom stereocenters. The number of hydrogen-bond acceptors (Lipinski definition) is 4. The summed E-state index contributed by atoms with van der Waals surface area (Å²) in [7, 11) is -1.96.